The van der Waals surface area contributed by atoms with Gasteiger partial charge in [0, 0.05) is 26.2 Å². The van der Waals surface area contributed by atoms with Crippen LogP contribution in [0.1, 0.15) is 11.6 Å². The van der Waals surface area contributed by atoms with E-state index in [2.05, 4.69) is 36.9 Å². The van der Waals surface area contributed by atoms with Gasteiger partial charge in [0.1, 0.15) is 6.54 Å². The molecule has 0 aliphatic carbocycles. The van der Waals surface area contributed by atoms with Gasteiger partial charge in [-0.05, 0) is 25.2 Å². The molecular weight excluding hydrogens is 389 g/mol. The fourth-order valence-electron chi connectivity index (χ4n) is 3.23. The first kappa shape index (κ1) is 18.1. The quantitative estimate of drug-likeness (QED) is 0.711. The summed E-state index contributed by atoms with van der Waals surface area (Å²) in [5.74, 6) is 2.61. The molecule has 1 aliphatic rings. The molecule has 0 bridgehead atoms. The summed E-state index contributed by atoms with van der Waals surface area (Å²) in [5, 5.41) is 12.4. The van der Waals surface area contributed by atoms with Crippen molar-refractivity contribution in [1.29, 1.82) is 0 Å². The van der Waals surface area contributed by atoms with Crippen LogP contribution in [0.3, 0.4) is 0 Å². The van der Waals surface area contributed by atoms with Crippen LogP contribution < -0.4 is 10.2 Å². The molecule has 2 aromatic heterocycles. The van der Waals surface area contributed by atoms with Crippen molar-refractivity contribution in [3.05, 3.63) is 39.8 Å². The predicted molar refractivity (Wildman–Crippen MR) is 105 cm³/mol. The Morgan fingerprint density at radius 2 is 2.00 bits per heavy atom. The summed E-state index contributed by atoms with van der Waals surface area (Å²) in [5.41, 5.74) is 1.83. The summed E-state index contributed by atoms with van der Waals surface area (Å²) in [6.07, 6.45) is 0. The first-order chi connectivity index (χ1) is 13.0. The number of benzene rings is 1. The third kappa shape index (κ3) is 3.36. The van der Waals surface area contributed by atoms with Crippen molar-refractivity contribution in [2.45, 2.75) is 13.1 Å². The van der Waals surface area contributed by atoms with Crippen LogP contribution in [0.5, 0.6) is 0 Å². The number of anilines is 2. The molecule has 0 saturated carbocycles. The van der Waals surface area contributed by atoms with E-state index in [4.69, 9.17) is 32.6 Å². The van der Waals surface area contributed by atoms with E-state index in [1.54, 1.807) is 18.2 Å². The zero-order chi connectivity index (χ0) is 19.1. The van der Waals surface area contributed by atoms with E-state index in [1.807, 2.05) is 14.1 Å². The van der Waals surface area contributed by atoms with Gasteiger partial charge in [0.25, 0.3) is 0 Å². The van der Waals surface area contributed by atoms with Crippen molar-refractivity contribution in [2.75, 3.05) is 38.0 Å². The topological polar surface area (TPSA) is 75.2 Å². The lowest BCUT2D eigenvalue weighted by Crippen LogP contribution is -2.38. The fourth-order valence-corrected chi connectivity index (χ4v) is 3.53. The number of nitrogens with one attached hydrogen (secondary N) is 1. The molecule has 0 radical (unpaired) electrons. The van der Waals surface area contributed by atoms with Crippen molar-refractivity contribution in [3.63, 3.8) is 0 Å². The maximum atomic E-state index is 6.08. The number of nitrogens with zero attached hydrogens (tertiary/aromatic N) is 6. The van der Waals surface area contributed by atoms with E-state index in [0.717, 1.165) is 36.2 Å². The first-order valence-electron chi connectivity index (χ1n) is 8.41. The summed E-state index contributed by atoms with van der Waals surface area (Å²) in [6, 6.07) is 5.22. The summed E-state index contributed by atoms with van der Waals surface area (Å²) in [6.45, 7) is 2.05. The van der Waals surface area contributed by atoms with E-state index in [1.165, 1.54) is 0 Å². The van der Waals surface area contributed by atoms with Crippen LogP contribution >= 0.6 is 23.2 Å². The molecule has 1 N–H and O–H groups in total. The van der Waals surface area contributed by atoms with Crippen LogP contribution in [0.2, 0.25) is 10.0 Å². The first-order valence-corrected chi connectivity index (χ1v) is 9.16. The minimum Gasteiger partial charge on any atom is -0.419 e. The molecule has 0 spiro atoms. The molecule has 1 aromatic carbocycles. The molecule has 10 heteroatoms. The zero-order valence-corrected chi connectivity index (χ0v) is 16.7. The minimum absolute atomic E-state index is 0.401. The average Bonchev–Trinajstić information content (AvgIpc) is 3.23. The van der Waals surface area contributed by atoms with Gasteiger partial charge in [0.2, 0.25) is 17.7 Å². The minimum atomic E-state index is 0.401. The number of fused-ring (bicyclic) bond motifs is 1. The van der Waals surface area contributed by atoms with Crippen molar-refractivity contribution in [1.82, 2.24) is 24.6 Å². The molecule has 142 valence electrons. The van der Waals surface area contributed by atoms with Crippen molar-refractivity contribution >= 4 is 35.0 Å². The second-order valence-corrected chi connectivity index (χ2v) is 7.34. The van der Waals surface area contributed by atoms with Gasteiger partial charge in [0.15, 0.2) is 5.82 Å². The van der Waals surface area contributed by atoms with Crippen LogP contribution in [0.15, 0.2) is 22.6 Å². The summed E-state index contributed by atoms with van der Waals surface area (Å²) < 4.78 is 7.92. The highest BCUT2D eigenvalue weighted by atomic mass is 35.5. The van der Waals surface area contributed by atoms with Crippen LogP contribution in [-0.2, 0) is 13.1 Å². The van der Waals surface area contributed by atoms with Gasteiger partial charge in [-0.15, -0.1) is 10.2 Å². The number of halogens is 2. The maximum Gasteiger partial charge on any atom is 0.247 e. The predicted octanol–water partition coefficient (Wildman–Crippen LogP) is 3.17. The maximum absolute atomic E-state index is 6.08. The highest BCUT2D eigenvalue weighted by Crippen LogP contribution is 2.30. The molecule has 0 unspecified atom stereocenters. The Balaban J connectivity index is 1.65. The van der Waals surface area contributed by atoms with Gasteiger partial charge in [0.05, 0.1) is 22.4 Å². The van der Waals surface area contributed by atoms with Crippen molar-refractivity contribution in [2.24, 2.45) is 0 Å². The van der Waals surface area contributed by atoms with Crippen LogP contribution in [0.25, 0.3) is 11.5 Å². The van der Waals surface area contributed by atoms with Gasteiger partial charge >= 0.3 is 0 Å². The van der Waals surface area contributed by atoms with Crippen molar-refractivity contribution < 1.29 is 4.42 Å². The smallest absolute Gasteiger partial charge is 0.247 e. The molecule has 0 fully saturated rings. The fraction of sp³-hybridized carbons (Fsp3) is 0.353. The lowest BCUT2D eigenvalue weighted by molar-refractivity contribution is 0.304. The number of aromatic nitrogens is 4. The van der Waals surface area contributed by atoms with E-state index in [9.17, 15) is 0 Å². The molecule has 0 amide bonds. The third-order valence-corrected chi connectivity index (χ3v) is 5.18. The molecule has 3 heterocycles. The van der Waals surface area contributed by atoms with Gasteiger partial charge in [-0.2, -0.15) is 4.98 Å². The highest BCUT2D eigenvalue weighted by molar-refractivity contribution is 6.42. The second kappa shape index (κ2) is 7.03. The Hall–Kier alpha value is -2.29. The van der Waals surface area contributed by atoms with Gasteiger partial charge < -0.3 is 19.2 Å². The number of rotatable bonds is 4. The number of hydrogen-bond donors (Lipinski definition) is 1. The standard InChI is InChI=1S/C17H19Cl2N7O/c1-20-17-21-15-13(7-24(2)9-25(15)3)26(17)8-14-22-23-16(27-14)10-4-5-11(18)12(19)6-10/h4-6H,7-9H2,1-3H3,(H,20,21). The highest BCUT2D eigenvalue weighted by Gasteiger charge is 2.26. The molecule has 4 rings (SSSR count). The Kier molecular flexibility index (Phi) is 4.71. The average molecular weight is 408 g/mol. The summed E-state index contributed by atoms with van der Waals surface area (Å²) >= 11 is 12.0. The Labute approximate surface area is 166 Å². The lowest BCUT2D eigenvalue weighted by Gasteiger charge is -2.31. The van der Waals surface area contributed by atoms with Crippen LogP contribution in [0.4, 0.5) is 11.8 Å². The number of hydrogen-bond acceptors (Lipinski definition) is 7. The Morgan fingerprint density at radius 3 is 2.74 bits per heavy atom. The molecular formula is C17H19Cl2N7O. The summed E-state index contributed by atoms with van der Waals surface area (Å²) in [7, 11) is 5.95. The molecule has 27 heavy (non-hydrogen) atoms. The van der Waals surface area contributed by atoms with Gasteiger partial charge in [-0.1, -0.05) is 23.2 Å². The molecule has 0 atom stereocenters. The Morgan fingerprint density at radius 1 is 1.19 bits per heavy atom. The second-order valence-electron chi connectivity index (χ2n) is 6.53. The Bertz CT molecular complexity index is 984. The molecule has 0 saturated heterocycles. The van der Waals surface area contributed by atoms with E-state index in [-0.39, 0.29) is 0 Å². The van der Waals surface area contributed by atoms with Crippen molar-refractivity contribution in [3.8, 4) is 11.5 Å². The largest absolute Gasteiger partial charge is 0.419 e. The molecule has 8 nitrogen and oxygen atoms in total. The van der Waals surface area contributed by atoms with E-state index >= 15 is 0 Å². The normalized spacial score (nSPS) is 14.5. The molecule has 1 aliphatic heterocycles. The van der Waals surface area contributed by atoms with Gasteiger partial charge in [-0.3, -0.25) is 4.90 Å². The van der Waals surface area contributed by atoms with Gasteiger partial charge in [-0.25, -0.2) is 0 Å². The van der Waals surface area contributed by atoms with Crippen LogP contribution in [0, 0.1) is 0 Å². The summed E-state index contributed by atoms with van der Waals surface area (Å²) in [4.78, 5) is 9.03. The monoisotopic (exact) mass is 407 g/mol. The van der Waals surface area contributed by atoms with Crippen LogP contribution in [-0.4, -0.2) is 52.5 Å². The van der Waals surface area contributed by atoms with E-state index in [0.29, 0.717) is 28.4 Å². The lowest BCUT2D eigenvalue weighted by atomic mass is 10.2. The SMILES string of the molecule is CNc1nc2c(n1Cc1nnc(-c3ccc(Cl)c(Cl)c3)o1)CN(C)CN2C. The zero-order valence-electron chi connectivity index (χ0n) is 15.2. The van der Waals surface area contributed by atoms with E-state index < -0.39 is 0 Å². The third-order valence-electron chi connectivity index (χ3n) is 4.44. The number of imidazole rings is 1. The molecule has 3 aromatic rings.